The molecule has 0 fully saturated rings. The van der Waals surface area contributed by atoms with Gasteiger partial charge in [-0.1, -0.05) is 166 Å². The van der Waals surface area contributed by atoms with Crippen molar-refractivity contribution >= 4 is 37.1 Å². The predicted octanol–water partition coefficient (Wildman–Crippen LogP) is 13.5. The summed E-state index contributed by atoms with van der Waals surface area (Å²) < 4.78 is 2.56. The molecule has 6 unspecified atom stereocenters. The Balaban J connectivity index is 1.03. The standard InChI is InChI=1S/C55H43N3S/c1-33-34(2)50-43(39-21-9-13-26-47(39)55(50)45-24-11-7-19-37(45)38-20-8-12-25-46(38)55)32-41(33)44-23-15-16-30-54(44,3)53-57-51(35-17-5-4-6-18-35)56-52(58-53)36-28-29-49-42(31-36)40-22-10-14-27-48(40)59-49/h4-34,41,44,50H,1-3H3. The van der Waals surface area contributed by atoms with Crippen LogP contribution in [0.3, 0.4) is 0 Å². The Morgan fingerprint density at radius 3 is 1.90 bits per heavy atom. The topological polar surface area (TPSA) is 38.7 Å². The van der Waals surface area contributed by atoms with Crippen molar-refractivity contribution in [2.24, 2.45) is 29.6 Å². The van der Waals surface area contributed by atoms with Crippen LogP contribution in [0.5, 0.6) is 0 Å². The van der Waals surface area contributed by atoms with E-state index in [1.165, 1.54) is 59.1 Å². The average Bonchev–Trinajstić information content (AvgIpc) is 3.92. The summed E-state index contributed by atoms with van der Waals surface area (Å²) in [6.45, 7) is 7.40. The minimum atomic E-state index is -0.500. The van der Waals surface area contributed by atoms with Crippen LogP contribution in [0.2, 0.25) is 0 Å². The maximum absolute atomic E-state index is 5.47. The van der Waals surface area contributed by atoms with Gasteiger partial charge in [0, 0.05) is 37.2 Å². The molecule has 0 N–H and O–H groups in total. The lowest BCUT2D eigenvalue weighted by Gasteiger charge is -2.49. The Labute approximate surface area is 349 Å². The van der Waals surface area contributed by atoms with Gasteiger partial charge in [-0.05, 0) is 93.8 Å². The van der Waals surface area contributed by atoms with Crippen LogP contribution in [-0.2, 0) is 10.8 Å². The number of thiophene rings is 1. The third kappa shape index (κ3) is 4.84. The molecule has 0 bridgehead atoms. The number of aromatic nitrogens is 3. The van der Waals surface area contributed by atoms with Crippen molar-refractivity contribution in [3.8, 4) is 33.9 Å². The second-order valence-corrected chi connectivity index (χ2v) is 18.5. The first-order valence-electron chi connectivity index (χ1n) is 21.1. The van der Waals surface area contributed by atoms with Gasteiger partial charge in [0.25, 0.3) is 0 Å². The minimum absolute atomic E-state index is 0.118. The number of rotatable bonds is 4. The maximum Gasteiger partial charge on any atom is 0.163 e. The molecule has 4 heteroatoms. The van der Waals surface area contributed by atoms with E-state index in [1.54, 1.807) is 0 Å². The highest BCUT2D eigenvalue weighted by Crippen LogP contribution is 2.68. The van der Waals surface area contributed by atoms with E-state index in [0.717, 1.165) is 17.0 Å². The summed E-state index contributed by atoms with van der Waals surface area (Å²) >= 11 is 1.83. The van der Waals surface area contributed by atoms with Gasteiger partial charge in [0.2, 0.25) is 0 Å². The van der Waals surface area contributed by atoms with Crippen LogP contribution >= 0.6 is 11.3 Å². The molecular formula is C55H43N3S. The first-order chi connectivity index (χ1) is 28.9. The van der Waals surface area contributed by atoms with E-state index in [2.05, 4.69) is 197 Å². The predicted molar refractivity (Wildman–Crippen MR) is 244 cm³/mol. The van der Waals surface area contributed by atoms with E-state index in [4.69, 9.17) is 15.0 Å². The highest BCUT2D eigenvalue weighted by Gasteiger charge is 2.60. The van der Waals surface area contributed by atoms with Crippen LogP contribution in [0, 0.1) is 29.6 Å². The Bertz CT molecular complexity index is 3050. The molecule has 3 nitrogen and oxygen atoms in total. The van der Waals surface area contributed by atoms with Gasteiger partial charge in [-0.3, -0.25) is 0 Å². The SMILES string of the molecule is CC1C(C)C2C(=CC1C1C=CC=CC1(C)c1nc(-c3ccccc3)nc(-c3ccc4sc5ccccc5c4c3)n1)c1ccccc1C21c2ccccc2-c2ccccc21. The molecular weight excluding hydrogens is 735 g/mol. The fourth-order valence-electron chi connectivity index (χ4n) is 11.7. The third-order valence-corrected chi connectivity index (χ3v) is 15.7. The second-order valence-electron chi connectivity index (χ2n) is 17.4. The lowest BCUT2D eigenvalue weighted by Crippen LogP contribution is -2.45. The molecule has 1 spiro atoms. The zero-order valence-electron chi connectivity index (χ0n) is 33.4. The molecule has 284 valence electrons. The molecule has 2 heterocycles. The van der Waals surface area contributed by atoms with E-state index >= 15 is 0 Å². The fraction of sp³-hybridized carbons (Fsp3) is 0.182. The van der Waals surface area contributed by atoms with Gasteiger partial charge in [-0.15, -0.1) is 11.3 Å². The molecule has 4 aliphatic rings. The second kappa shape index (κ2) is 12.9. The fourth-order valence-corrected chi connectivity index (χ4v) is 12.8. The number of allylic oxidation sites excluding steroid dienone is 6. The van der Waals surface area contributed by atoms with Gasteiger partial charge in [0.05, 0.1) is 10.8 Å². The monoisotopic (exact) mass is 777 g/mol. The van der Waals surface area contributed by atoms with Gasteiger partial charge in [0.15, 0.2) is 11.6 Å². The lowest BCUT2D eigenvalue weighted by molar-refractivity contribution is 0.153. The highest BCUT2D eigenvalue weighted by atomic mass is 32.1. The summed E-state index contributed by atoms with van der Waals surface area (Å²) in [5, 5.41) is 2.51. The summed E-state index contributed by atoms with van der Waals surface area (Å²) in [6, 6.07) is 53.4. The Kier molecular flexibility index (Phi) is 7.59. The highest BCUT2D eigenvalue weighted by molar-refractivity contribution is 7.25. The van der Waals surface area contributed by atoms with Crippen molar-refractivity contribution in [3.63, 3.8) is 0 Å². The number of hydrogen-bond donors (Lipinski definition) is 0. The maximum atomic E-state index is 5.47. The van der Waals surface area contributed by atoms with Crippen molar-refractivity contribution in [1.29, 1.82) is 0 Å². The molecule has 0 radical (unpaired) electrons. The van der Waals surface area contributed by atoms with Crippen LogP contribution < -0.4 is 0 Å². The zero-order chi connectivity index (χ0) is 39.5. The molecule has 59 heavy (non-hydrogen) atoms. The van der Waals surface area contributed by atoms with Crippen molar-refractivity contribution < 1.29 is 0 Å². The zero-order valence-corrected chi connectivity index (χ0v) is 34.2. The van der Waals surface area contributed by atoms with E-state index in [0.29, 0.717) is 29.4 Å². The summed E-state index contributed by atoms with van der Waals surface area (Å²) in [4.78, 5) is 16.1. The largest absolute Gasteiger partial charge is 0.212 e. The number of nitrogens with zero attached hydrogens (tertiary/aromatic N) is 3. The molecule has 6 aromatic carbocycles. The Hall–Kier alpha value is -6.23. The molecule has 0 aliphatic heterocycles. The van der Waals surface area contributed by atoms with Crippen LogP contribution in [-0.4, -0.2) is 15.0 Å². The normalized spacial score (nSPS) is 24.5. The van der Waals surface area contributed by atoms with Crippen molar-refractivity contribution in [1.82, 2.24) is 15.0 Å². The average molecular weight is 778 g/mol. The summed E-state index contributed by atoms with van der Waals surface area (Å²) in [5.41, 5.74) is 11.2. The molecule has 6 atom stereocenters. The van der Waals surface area contributed by atoms with Crippen molar-refractivity contribution in [2.75, 3.05) is 0 Å². The van der Waals surface area contributed by atoms with Crippen LogP contribution in [0.25, 0.3) is 59.6 Å². The van der Waals surface area contributed by atoms with E-state index in [-0.39, 0.29) is 17.3 Å². The van der Waals surface area contributed by atoms with E-state index < -0.39 is 5.41 Å². The first kappa shape index (κ1) is 34.8. The van der Waals surface area contributed by atoms with Crippen molar-refractivity contribution in [3.05, 3.63) is 204 Å². The van der Waals surface area contributed by atoms with E-state index in [9.17, 15) is 0 Å². The van der Waals surface area contributed by atoms with Gasteiger partial charge in [0.1, 0.15) is 5.82 Å². The van der Waals surface area contributed by atoms with Crippen molar-refractivity contribution in [2.45, 2.75) is 31.6 Å². The van der Waals surface area contributed by atoms with Gasteiger partial charge in [-0.25, -0.2) is 15.0 Å². The van der Waals surface area contributed by atoms with Crippen LogP contribution in [0.1, 0.15) is 48.8 Å². The van der Waals surface area contributed by atoms with Gasteiger partial charge in [-0.2, -0.15) is 0 Å². The summed E-state index contributed by atoms with van der Waals surface area (Å²) in [6.07, 6.45) is 11.9. The molecule has 8 aromatic rings. The van der Waals surface area contributed by atoms with Gasteiger partial charge < -0.3 is 0 Å². The van der Waals surface area contributed by atoms with E-state index in [1.807, 2.05) is 11.3 Å². The lowest BCUT2D eigenvalue weighted by atomic mass is 9.54. The number of benzene rings is 6. The number of fused-ring (bicyclic) bond motifs is 13. The quantitative estimate of drug-likeness (QED) is 0.179. The molecule has 0 amide bonds. The Morgan fingerprint density at radius 1 is 0.542 bits per heavy atom. The smallest absolute Gasteiger partial charge is 0.163 e. The van der Waals surface area contributed by atoms with Crippen LogP contribution in [0.15, 0.2) is 176 Å². The molecule has 12 rings (SSSR count). The minimum Gasteiger partial charge on any atom is -0.212 e. The molecule has 0 saturated carbocycles. The Morgan fingerprint density at radius 2 is 1.15 bits per heavy atom. The number of hydrogen-bond acceptors (Lipinski definition) is 4. The third-order valence-electron chi connectivity index (χ3n) is 14.6. The molecule has 4 aliphatic carbocycles. The summed E-state index contributed by atoms with van der Waals surface area (Å²) in [7, 11) is 0. The molecule has 2 aromatic heterocycles. The van der Waals surface area contributed by atoms with Crippen LogP contribution in [0.4, 0.5) is 0 Å². The first-order valence-corrected chi connectivity index (χ1v) is 21.9. The van der Waals surface area contributed by atoms with Gasteiger partial charge >= 0.3 is 0 Å². The molecule has 0 saturated heterocycles. The summed E-state index contributed by atoms with van der Waals surface area (Å²) in [5.74, 6) is 3.65.